The second kappa shape index (κ2) is 8.44. The number of hydrogen-bond donors (Lipinski definition) is 2. The van der Waals surface area contributed by atoms with E-state index in [-0.39, 0.29) is 18.3 Å². The summed E-state index contributed by atoms with van der Waals surface area (Å²) in [6.07, 6.45) is 1.42. The van der Waals surface area contributed by atoms with Crippen LogP contribution in [-0.4, -0.2) is 5.91 Å². The summed E-state index contributed by atoms with van der Waals surface area (Å²) in [5.74, 6) is 0.588. The van der Waals surface area contributed by atoms with E-state index in [1.54, 1.807) is 12.1 Å². The molecule has 1 amide bonds. The fourth-order valence-electron chi connectivity index (χ4n) is 2.26. The summed E-state index contributed by atoms with van der Waals surface area (Å²) in [5.41, 5.74) is 9.38. The molecule has 0 saturated heterocycles. The number of amides is 1. The molecule has 2 aromatic carbocycles. The minimum Gasteiger partial charge on any atom is -0.397 e. The number of halogens is 1. The van der Waals surface area contributed by atoms with Gasteiger partial charge in [-0.25, -0.2) is 0 Å². The molecular weight excluding hydrogens is 296 g/mol. The number of carbonyl (C=O) groups excluding carboxylic acids is 1. The van der Waals surface area contributed by atoms with Crippen molar-refractivity contribution in [3.8, 4) is 0 Å². The lowest BCUT2D eigenvalue weighted by Gasteiger charge is -2.09. The van der Waals surface area contributed by atoms with Crippen molar-refractivity contribution in [3.63, 3.8) is 0 Å². The van der Waals surface area contributed by atoms with Crippen molar-refractivity contribution in [1.82, 2.24) is 0 Å². The Bertz CT molecular complexity index is 609. The van der Waals surface area contributed by atoms with E-state index in [9.17, 15) is 4.79 Å². The Balaban J connectivity index is 0.00000242. The number of hydrogen-bond acceptors (Lipinski definition) is 2. The number of anilines is 2. The van der Waals surface area contributed by atoms with E-state index < -0.39 is 0 Å². The fraction of sp³-hybridized carbons (Fsp3) is 0.278. The van der Waals surface area contributed by atoms with Crippen LogP contribution < -0.4 is 11.1 Å². The summed E-state index contributed by atoms with van der Waals surface area (Å²) < 4.78 is 0. The Kier molecular flexibility index (Phi) is 6.93. The Labute approximate surface area is 138 Å². The number of nitrogens with one attached hydrogen (secondary N) is 1. The molecule has 0 aromatic heterocycles. The lowest BCUT2D eigenvalue weighted by molar-refractivity contribution is -0.115. The van der Waals surface area contributed by atoms with Crippen LogP contribution in [0.5, 0.6) is 0 Å². The molecule has 0 unspecified atom stereocenters. The van der Waals surface area contributed by atoms with Gasteiger partial charge >= 0.3 is 0 Å². The molecule has 4 heteroatoms. The molecule has 0 aliphatic rings. The van der Waals surface area contributed by atoms with Gasteiger partial charge in [0.15, 0.2) is 0 Å². The fourth-order valence-corrected chi connectivity index (χ4v) is 2.26. The summed E-state index contributed by atoms with van der Waals surface area (Å²) in [7, 11) is 0. The maximum atomic E-state index is 12.0. The van der Waals surface area contributed by atoms with Crippen LogP contribution in [0.2, 0.25) is 0 Å². The SMILES string of the molecule is CC(C)Cc1ccc(CC(=O)Nc2ccccc2N)cc1.Cl. The minimum absolute atomic E-state index is 0. The van der Waals surface area contributed by atoms with Gasteiger partial charge in [-0.05, 0) is 35.6 Å². The molecule has 0 aliphatic heterocycles. The molecule has 2 aromatic rings. The number of carbonyl (C=O) groups is 1. The number of nitrogens with two attached hydrogens (primary N) is 1. The molecule has 3 nitrogen and oxygen atoms in total. The maximum absolute atomic E-state index is 12.0. The van der Waals surface area contributed by atoms with Crippen molar-refractivity contribution in [2.24, 2.45) is 5.92 Å². The van der Waals surface area contributed by atoms with Crippen LogP contribution in [0.3, 0.4) is 0 Å². The van der Waals surface area contributed by atoms with E-state index in [4.69, 9.17) is 5.73 Å². The van der Waals surface area contributed by atoms with Gasteiger partial charge in [0, 0.05) is 0 Å². The van der Waals surface area contributed by atoms with E-state index in [1.807, 2.05) is 24.3 Å². The zero-order valence-corrected chi connectivity index (χ0v) is 13.8. The summed E-state index contributed by atoms with van der Waals surface area (Å²) >= 11 is 0. The molecule has 0 aliphatic carbocycles. The highest BCUT2D eigenvalue weighted by atomic mass is 35.5. The third-order valence-electron chi connectivity index (χ3n) is 3.27. The van der Waals surface area contributed by atoms with Crippen LogP contribution in [0.25, 0.3) is 0 Å². The van der Waals surface area contributed by atoms with Crippen molar-refractivity contribution in [3.05, 3.63) is 59.7 Å². The Morgan fingerprint density at radius 1 is 1.05 bits per heavy atom. The molecular formula is C18H23ClN2O. The number of nitrogen functional groups attached to an aromatic ring is 1. The van der Waals surface area contributed by atoms with Gasteiger partial charge in [0.05, 0.1) is 17.8 Å². The molecule has 0 fully saturated rings. The highest BCUT2D eigenvalue weighted by molar-refractivity contribution is 5.95. The van der Waals surface area contributed by atoms with Crippen LogP contribution in [0.4, 0.5) is 11.4 Å². The molecule has 2 rings (SSSR count). The minimum atomic E-state index is -0.0514. The second-order valence-corrected chi connectivity index (χ2v) is 5.73. The van der Waals surface area contributed by atoms with Crippen LogP contribution in [0.15, 0.2) is 48.5 Å². The molecule has 0 bridgehead atoms. The van der Waals surface area contributed by atoms with Gasteiger partial charge in [-0.2, -0.15) is 0 Å². The Morgan fingerprint density at radius 3 is 2.23 bits per heavy atom. The van der Waals surface area contributed by atoms with E-state index in [0.717, 1.165) is 12.0 Å². The number of para-hydroxylation sites is 2. The average molecular weight is 319 g/mol. The molecule has 0 spiro atoms. The lowest BCUT2D eigenvalue weighted by atomic mass is 10.0. The van der Waals surface area contributed by atoms with Gasteiger partial charge in [0.2, 0.25) is 5.91 Å². The van der Waals surface area contributed by atoms with Crippen LogP contribution in [0, 0.1) is 5.92 Å². The highest BCUT2D eigenvalue weighted by Gasteiger charge is 2.06. The van der Waals surface area contributed by atoms with E-state index >= 15 is 0 Å². The average Bonchev–Trinajstić information content (AvgIpc) is 2.43. The van der Waals surface area contributed by atoms with Gasteiger partial charge < -0.3 is 11.1 Å². The molecule has 0 atom stereocenters. The lowest BCUT2D eigenvalue weighted by Crippen LogP contribution is -2.15. The van der Waals surface area contributed by atoms with Crippen molar-refractivity contribution < 1.29 is 4.79 Å². The molecule has 0 saturated carbocycles. The number of rotatable bonds is 5. The Morgan fingerprint density at radius 2 is 1.64 bits per heavy atom. The van der Waals surface area contributed by atoms with Gasteiger partial charge in [0.1, 0.15) is 0 Å². The van der Waals surface area contributed by atoms with Crippen molar-refractivity contribution in [1.29, 1.82) is 0 Å². The first kappa shape index (κ1) is 18.1. The summed E-state index contributed by atoms with van der Waals surface area (Å²) in [4.78, 5) is 12.0. The summed E-state index contributed by atoms with van der Waals surface area (Å²) in [6, 6.07) is 15.5. The Hall–Kier alpha value is -2.00. The van der Waals surface area contributed by atoms with Gasteiger partial charge in [-0.1, -0.05) is 50.2 Å². The van der Waals surface area contributed by atoms with Gasteiger partial charge in [-0.3, -0.25) is 4.79 Å². The first-order chi connectivity index (χ1) is 10.0. The quantitative estimate of drug-likeness (QED) is 0.816. The van der Waals surface area contributed by atoms with E-state index in [0.29, 0.717) is 23.7 Å². The third kappa shape index (κ3) is 5.41. The zero-order valence-electron chi connectivity index (χ0n) is 13.0. The van der Waals surface area contributed by atoms with E-state index in [1.165, 1.54) is 5.56 Å². The predicted molar refractivity (Wildman–Crippen MR) is 95.4 cm³/mol. The van der Waals surface area contributed by atoms with Crippen molar-refractivity contribution >= 4 is 29.7 Å². The number of benzene rings is 2. The van der Waals surface area contributed by atoms with Crippen LogP contribution >= 0.6 is 12.4 Å². The second-order valence-electron chi connectivity index (χ2n) is 5.73. The predicted octanol–water partition coefficient (Wildman–Crippen LogP) is 4.07. The van der Waals surface area contributed by atoms with Gasteiger partial charge in [0.25, 0.3) is 0 Å². The zero-order chi connectivity index (χ0) is 15.2. The van der Waals surface area contributed by atoms with Crippen LogP contribution in [-0.2, 0) is 17.6 Å². The topological polar surface area (TPSA) is 55.1 Å². The van der Waals surface area contributed by atoms with Crippen molar-refractivity contribution in [2.75, 3.05) is 11.1 Å². The highest BCUT2D eigenvalue weighted by Crippen LogP contribution is 2.17. The third-order valence-corrected chi connectivity index (χ3v) is 3.27. The van der Waals surface area contributed by atoms with Gasteiger partial charge in [-0.15, -0.1) is 12.4 Å². The first-order valence-electron chi connectivity index (χ1n) is 7.27. The monoisotopic (exact) mass is 318 g/mol. The normalized spacial score (nSPS) is 10.1. The molecule has 3 N–H and O–H groups in total. The maximum Gasteiger partial charge on any atom is 0.228 e. The summed E-state index contributed by atoms with van der Waals surface area (Å²) in [5, 5.41) is 2.84. The van der Waals surface area contributed by atoms with E-state index in [2.05, 4.69) is 31.3 Å². The largest absolute Gasteiger partial charge is 0.397 e. The molecule has 22 heavy (non-hydrogen) atoms. The smallest absolute Gasteiger partial charge is 0.228 e. The van der Waals surface area contributed by atoms with Crippen molar-refractivity contribution in [2.45, 2.75) is 26.7 Å². The van der Waals surface area contributed by atoms with Crippen LogP contribution in [0.1, 0.15) is 25.0 Å². The summed E-state index contributed by atoms with van der Waals surface area (Å²) in [6.45, 7) is 4.40. The standard InChI is InChI=1S/C18H22N2O.ClH/c1-13(2)11-14-7-9-15(10-8-14)12-18(21)20-17-6-4-3-5-16(17)19;/h3-10,13H,11-12,19H2,1-2H3,(H,20,21);1H. The molecule has 0 heterocycles. The first-order valence-corrected chi connectivity index (χ1v) is 7.27. The molecule has 0 radical (unpaired) electrons. The molecule has 118 valence electrons.